The van der Waals surface area contributed by atoms with Crippen molar-refractivity contribution >= 4 is 26.7 Å². The van der Waals surface area contributed by atoms with Gasteiger partial charge in [-0.1, -0.05) is 24.3 Å². The normalized spacial score (nSPS) is 18.8. The SMILES string of the molecule is CC(=O)c1cccc(OCC(O)Cn2c(CC3CCS(=O)(=O)C3)nc3ccccc32)c1. The number of Topliss-reactive ketones (excluding diaryl/α,β-unsaturated/α-hetero) is 1. The van der Waals surface area contributed by atoms with Crippen LogP contribution in [0.1, 0.15) is 29.5 Å². The Hall–Kier alpha value is -2.71. The molecule has 0 saturated carbocycles. The van der Waals surface area contributed by atoms with E-state index in [0.29, 0.717) is 24.2 Å². The molecule has 0 bridgehead atoms. The second-order valence-corrected chi connectivity index (χ2v) is 10.4. The molecule has 8 heteroatoms. The lowest BCUT2D eigenvalue weighted by atomic mass is 10.1. The topological polar surface area (TPSA) is 98.5 Å². The van der Waals surface area contributed by atoms with E-state index in [2.05, 4.69) is 0 Å². The molecule has 1 N–H and O–H groups in total. The van der Waals surface area contributed by atoms with Crippen LogP contribution in [0.3, 0.4) is 0 Å². The van der Waals surface area contributed by atoms with Gasteiger partial charge in [0, 0.05) is 12.0 Å². The Kier molecular flexibility index (Phi) is 6.11. The monoisotopic (exact) mass is 442 g/mol. The Balaban J connectivity index is 1.49. The minimum Gasteiger partial charge on any atom is -0.491 e. The summed E-state index contributed by atoms with van der Waals surface area (Å²) in [4.78, 5) is 16.2. The highest BCUT2D eigenvalue weighted by Gasteiger charge is 2.29. The molecule has 0 amide bonds. The number of nitrogens with zero attached hydrogens (tertiary/aromatic N) is 2. The first kappa shape index (κ1) is 21.5. The molecular weight excluding hydrogens is 416 g/mol. The van der Waals surface area contributed by atoms with Crippen LogP contribution < -0.4 is 4.74 Å². The number of benzene rings is 2. The molecule has 2 aromatic carbocycles. The van der Waals surface area contributed by atoms with Gasteiger partial charge in [-0.25, -0.2) is 13.4 Å². The maximum absolute atomic E-state index is 11.8. The molecule has 2 unspecified atom stereocenters. The summed E-state index contributed by atoms with van der Waals surface area (Å²) in [6.07, 6.45) is 0.399. The lowest BCUT2D eigenvalue weighted by Crippen LogP contribution is -2.25. The third-order valence-corrected chi connectivity index (χ3v) is 7.44. The fourth-order valence-electron chi connectivity index (χ4n) is 4.04. The van der Waals surface area contributed by atoms with E-state index in [-0.39, 0.29) is 36.4 Å². The van der Waals surface area contributed by atoms with Crippen LogP contribution in [-0.4, -0.2) is 53.1 Å². The summed E-state index contributed by atoms with van der Waals surface area (Å²) in [6.45, 7) is 1.84. The molecule has 2 atom stereocenters. The molecule has 1 saturated heterocycles. The average Bonchev–Trinajstić information content (AvgIpc) is 3.26. The van der Waals surface area contributed by atoms with Crippen LogP contribution in [0.25, 0.3) is 11.0 Å². The van der Waals surface area contributed by atoms with Crippen molar-refractivity contribution in [2.45, 2.75) is 32.4 Å². The Labute approximate surface area is 181 Å². The molecule has 3 aromatic rings. The van der Waals surface area contributed by atoms with Gasteiger partial charge in [-0.2, -0.15) is 0 Å². The number of carbonyl (C=O) groups excluding carboxylic acids is 1. The molecule has 7 nitrogen and oxygen atoms in total. The molecule has 2 heterocycles. The number of aliphatic hydroxyl groups excluding tert-OH is 1. The summed E-state index contributed by atoms with van der Waals surface area (Å²) in [7, 11) is -2.96. The van der Waals surface area contributed by atoms with Gasteiger partial charge in [-0.05, 0) is 43.5 Å². The molecular formula is C23H26N2O5S. The predicted octanol–water partition coefficient (Wildman–Crippen LogP) is 2.66. The maximum atomic E-state index is 11.8. The predicted molar refractivity (Wildman–Crippen MR) is 118 cm³/mol. The first-order valence-corrected chi connectivity index (χ1v) is 12.2. The zero-order valence-corrected chi connectivity index (χ0v) is 18.2. The number of rotatable bonds is 8. The molecule has 1 aliphatic heterocycles. The molecule has 164 valence electrons. The van der Waals surface area contributed by atoms with Gasteiger partial charge in [0.2, 0.25) is 0 Å². The summed E-state index contributed by atoms with van der Waals surface area (Å²) in [5.41, 5.74) is 2.28. The summed E-state index contributed by atoms with van der Waals surface area (Å²) < 4.78 is 31.4. The Morgan fingerprint density at radius 3 is 2.81 bits per heavy atom. The Bertz CT molecular complexity index is 1200. The fraction of sp³-hybridized carbons (Fsp3) is 0.391. The van der Waals surface area contributed by atoms with E-state index in [4.69, 9.17) is 9.72 Å². The number of imidazole rings is 1. The number of aliphatic hydroxyl groups is 1. The maximum Gasteiger partial charge on any atom is 0.159 e. The van der Waals surface area contributed by atoms with E-state index in [0.717, 1.165) is 16.9 Å². The summed E-state index contributed by atoms with van der Waals surface area (Å²) in [5, 5.41) is 10.7. The van der Waals surface area contributed by atoms with E-state index in [1.54, 1.807) is 24.3 Å². The van der Waals surface area contributed by atoms with E-state index in [9.17, 15) is 18.3 Å². The molecule has 1 fully saturated rings. The zero-order chi connectivity index (χ0) is 22.0. The number of aromatic nitrogens is 2. The minimum atomic E-state index is -2.96. The number of para-hydroxylation sites is 2. The van der Waals surface area contributed by atoms with Gasteiger partial charge in [0.15, 0.2) is 15.6 Å². The van der Waals surface area contributed by atoms with Crippen molar-refractivity contribution < 1.29 is 23.1 Å². The van der Waals surface area contributed by atoms with Gasteiger partial charge in [-0.3, -0.25) is 4.79 Å². The van der Waals surface area contributed by atoms with Gasteiger partial charge in [0.05, 0.1) is 29.1 Å². The highest BCUT2D eigenvalue weighted by Crippen LogP contribution is 2.25. The van der Waals surface area contributed by atoms with Crippen LogP contribution in [0.2, 0.25) is 0 Å². The molecule has 4 rings (SSSR count). The second-order valence-electron chi connectivity index (χ2n) is 8.15. The number of ketones is 1. The van der Waals surface area contributed by atoms with E-state index in [1.165, 1.54) is 6.92 Å². The average molecular weight is 443 g/mol. The highest BCUT2D eigenvalue weighted by molar-refractivity contribution is 7.91. The van der Waals surface area contributed by atoms with Crippen molar-refractivity contribution in [3.8, 4) is 5.75 Å². The third-order valence-electron chi connectivity index (χ3n) is 5.61. The number of hydrogen-bond acceptors (Lipinski definition) is 6. The third kappa shape index (κ3) is 5.14. The van der Waals surface area contributed by atoms with Crippen molar-refractivity contribution in [1.82, 2.24) is 9.55 Å². The molecule has 1 aromatic heterocycles. The summed E-state index contributed by atoms with van der Waals surface area (Å²) in [5.74, 6) is 1.72. The fourth-order valence-corrected chi connectivity index (χ4v) is 5.90. The van der Waals surface area contributed by atoms with Crippen molar-refractivity contribution in [2.24, 2.45) is 5.92 Å². The van der Waals surface area contributed by atoms with Gasteiger partial charge < -0.3 is 14.4 Å². The van der Waals surface area contributed by atoms with E-state index in [1.807, 2.05) is 28.8 Å². The lowest BCUT2D eigenvalue weighted by molar-refractivity contribution is 0.0924. The van der Waals surface area contributed by atoms with Gasteiger partial charge >= 0.3 is 0 Å². The number of sulfone groups is 1. The second kappa shape index (κ2) is 8.80. The summed E-state index contributed by atoms with van der Waals surface area (Å²) in [6, 6.07) is 14.6. The first-order chi connectivity index (χ1) is 14.8. The zero-order valence-electron chi connectivity index (χ0n) is 17.4. The quantitative estimate of drug-likeness (QED) is 0.539. The van der Waals surface area contributed by atoms with Crippen LogP contribution in [0.5, 0.6) is 5.75 Å². The Morgan fingerprint density at radius 1 is 1.26 bits per heavy atom. The number of ether oxygens (including phenoxy) is 1. The smallest absolute Gasteiger partial charge is 0.159 e. The number of hydrogen-bond donors (Lipinski definition) is 1. The van der Waals surface area contributed by atoms with E-state index >= 15 is 0 Å². The van der Waals surface area contributed by atoms with Gasteiger partial charge in [-0.15, -0.1) is 0 Å². The van der Waals surface area contributed by atoms with Gasteiger partial charge in [0.1, 0.15) is 24.3 Å². The van der Waals surface area contributed by atoms with Crippen molar-refractivity contribution in [3.63, 3.8) is 0 Å². The Morgan fingerprint density at radius 2 is 2.06 bits per heavy atom. The van der Waals surface area contributed by atoms with Crippen LogP contribution in [-0.2, 0) is 22.8 Å². The van der Waals surface area contributed by atoms with Crippen LogP contribution in [0, 0.1) is 5.92 Å². The standard InChI is InChI=1S/C23H26N2O5S/c1-16(26)18-5-4-6-20(12-18)30-14-19(27)13-25-22-8-3-2-7-21(22)24-23(25)11-17-9-10-31(28,29)15-17/h2-8,12,17,19,27H,9-11,13-15H2,1H3. The van der Waals surface area contributed by atoms with Crippen LogP contribution >= 0.6 is 0 Å². The van der Waals surface area contributed by atoms with Crippen LogP contribution in [0.15, 0.2) is 48.5 Å². The molecule has 31 heavy (non-hydrogen) atoms. The number of fused-ring (bicyclic) bond motifs is 1. The van der Waals surface area contributed by atoms with Crippen molar-refractivity contribution in [2.75, 3.05) is 18.1 Å². The number of carbonyl (C=O) groups is 1. The molecule has 0 radical (unpaired) electrons. The summed E-state index contributed by atoms with van der Waals surface area (Å²) >= 11 is 0. The lowest BCUT2D eigenvalue weighted by Gasteiger charge is -2.17. The van der Waals surface area contributed by atoms with Crippen molar-refractivity contribution in [1.29, 1.82) is 0 Å². The van der Waals surface area contributed by atoms with E-state index < -0.39 is 15.9 Å². The van der Waals surface area contributed by atoms with Crippen LogP contribution in [0.4, 0.5) is 0 Å². The van der Waals surface area contributed by atoms with Gasteiger partial charge in [0.25, 0.3) is 0 Å². The minimum absolute atomic E-state index is 0.0447. The molecule has 1 aliphatic rings. The molecule has 0 aliphatic carbocycles. The highest BCUT2D eigenvalue weighted by atomic mass is 32.2. The largest absolute Gasteiger partial charge is 0.491 e. The van der Waals surface area contributed by atoms with Crippen molar-refractivity contribution in [3.05, 3.63) is 59.9 Å². The molecule has 0 spiro atoms. The first-order valence-electron chi connectivity index (χ1n) is 10.4.